The standard InChI is InChI=1S/C47H54O7Si/c1-5-31-49-46-45(52-34-38-25-15-8-16-26-38)44(51-33-37-23-13-7-14-24-37)43(50-32-36-21-11-6-12-22-36)42(54-46)41(48)35-53-55(47(2,3)4,39-27-17-9-18-28-39)40-29-19-10-20-30-40/h5-30,41-46,48H,1,31-35H2,2-4H3/t41-,42-,43-,44+,45+,46+/m1/s1. The molecule has 1 N–H and O–H groups in total. The maximum absolute atomic E-state index is 12.4. The summed E-state index contributed by atoms with van der Waals surface area (Å²) in [6, 6.07) is 50.7. The highest BCUT2D eigenvalue weighted by atomic mass is 28.4. The Kier molecular flexibility index (Phi) is 14.4. The topological polar surface area (TPSA) is 75.6 Å². The molecule has 0 radical (unpaired) electrons. The van der Waals surface area contributed by atoms with E-state index in [0.717, 1.165) is 27.1 Å². The molecular weight excluding hydrogens is 705 g/mol. The minimum atomic E-state index is -3.00. The molecule has 0 aromatic heterocycles. The summed E-state index contributed by atoms with van der Waals surface area (Å²) in [6.07, 6.45) is -3.47. The lowest BCUT2D eigenvalue weighted by molar-refractivity contribution is -0.333. The molecule has 0 aliphatic carbocycles. The molecule has 0 unspecified atom stereocenters. The molecule has 8 heteroatoms. The Morgan fingerprint density at radius 2 is 1.00 bits per heavy atom. The molecule has 288 valence electrons. The zero-order valence-corrected chi connectivity index (χ0v) is 33.1. The zero-order chi connectivity index (χ0) is 38.5. The Morgan fingerprint density at radius 1 is 0.600 bits per heavy atom. The maximum atomic E-state index is 12.4. The van der Waals surface area contributed by atoms with Gasteiger partial charge in [0.05, 0.1) is 33.0 Å². The number of aliphatic hydroxyl groups is 1. The van der Waals surface area contributed by atoms with Crippen LogP contribution in [0.3, 0.4) is 0 Å². The minimum Gasteiger partial charge on any atom is -0.405 e. The van der Waals surface area contributed by atoms with Crippen molar-refractivity contribution in [1.82, 2.24) is 0 Å². The van der Waals surface area contributed by atoms with Gasteiger partial charge in [-0.1, -0.05) is 179 Å². The van der Waals surface area contributed by atoms with E-state index in [0.29, 0.717) is 6.61 Å². The number of aliphatic hydroxyl groups excluding tert-OH is 1. The number of ether oxygens (including phenoxy) is 5. The van der Waals surface area contributed by atoms with Crippen LogP contribution in [-0.2, 0) is 47.9 Å². The van der Waals surface area contributed by atoms with Crippen molar-refractivity contribution in [2.75, 3.05) is 13.2 Å². The third-order valence-electron chi connectivity index (χ3n) is 10.0. The van der Waals surface area contributed by atoms with Crippen LogP contribution in [0.4, 0.5) is 0 Å². The van der Waals surface area contributed by atoms with Crippen molar-refractivity contribution in [2.24, 2.45) is 0 Å². The Bertz CT molecular complexity index is 1800. The van der Waals surface area contributed by atoms with E-state index in [1.54, 1.807) is 6.08 Å². The van der Waals surface area contributed by atoms with Crippen LogP contribution < -0.4 is 10.4 Å². The van der Waals surface area contributed by atoms with Crippen molar-refractivity contribution in [1.29, 1.82) is 0 Å². The highest BCUT2D eigenvalue weighted by Gasteiger charge is 2.54. The first-order chi connectivity index (χ1) is 26.8. The second-order valence-corrected chi connectivity index (χ2v) is 19.2. The first kappa shape index (κ1) is 40.4. The summed E-state index contributed by atoms with van der Waals surface area (Å²) >= 11 is 0. The van der Waals surface area contributed by atoms with Gasteiger partial charge >= 0.3 is 0 Å². The van der Waals surface area contributed by atoms with Gasteiger partial charge in [0.15, 0.2) is 6.29 Å². The molecule has 6 atom stereocenters. The van der Waals surface area contributed by atoms with Crippen LogP contribution in [0.2, 0.25) is 5.04 Å². The number of hydrogen-bond donors (Lipinski definition) is 1. The lowest BCUT2D eigenvalue weighted by Gasteiger charge is -2.48. The SMILES string of the molecule is C=CCO[C@H]1O[C@H]([C@H](O)CO[Si](c2ccccc2)(c2ccccc2)C(C)(C)C)[C@@H](OCc2ccccc2)[C@H](OCc2ccccc2)[C@@H]1OCc1ccccc1. The molecule has 1 aliphatic rings. The Balaban J connectivity index is 1.37. The molecule has 5 aromatic carbocycles. The second kappa shape index (κ2) is 19.6. The Hall–Kier alpha value is -4.22. The largest absolute Gasteiger partial charge is 0.405 e. The van der Waals surface area contributed by atoms with Crippen molar-refractivity contribution in [2.45, 2.75) is 82.4 Å². The van der Waals surface area contributed by atoms with Crippen LogP contribution in [0.15, 0.2) is 164 Å². The van der Waals surface area contributed by atoms with Crippen molar-refractivity contribution in [3.63, 3.8) is 0 Å². The molecule has 1 heterocycles. The fourth-order valence-corrected chi connectivity index (χ4v) is 11.9. The lowest BCUT2D eigenvalue weighted by atomic mass is 9.94. The van der Waals surface area contributed by atoms with Gasteiger partial charge in [0.1, 0.15) is 30.5 Å². The van der Waals surface area contributed by atoms with Crippen molar-refractivity contribution < 1.29 is 33.2 Å². The Labute approximate surface area is 327 Å². The smallest absolute Gasteiger partial charge is 0.261 e. The molecule has 5 aromatic rings. The molecule has 1 fully saturated rings. The molecule has 1 saturated heterocycles. The quantitative estimate of drug-likeness (QED) is 0.0729. The van der Waals surface area contributed by atoms with Gasteiger partial charge in [-0.25, -0.2) is 0 Å². The molecule has 0 saturated carbocycles. The molecule has 7 nitrogen and oxygen atoms in total. The minimum absolute atomic E-state index is 0.0156. The highest BCUT2D eigenvalue weighted by molar-refractivity contribution is 6.99. The molecule has 6 rings (SSSR count). The molecular formula is C47H54O7Si. The van der Waals surface area contributed by atoms with E-state index in [1.165, 1.54) is 0 Å². The average molecular weight is 759 g/mol. The average Bonchev–Trinajstić information content (AvgIpc) is 3.22. The lowest BCUT2D eigenvalue weighted by Crippen LogP contribution is -2.68. The monoisotopic (exact) mass is 758 g/mol. The van der Waals surface area contributed by atoms with Gasteiger partial charge in [0, 0.05) is 0 Å². The molecule has 1 aliphatic heterocycles. The van der Waals surface area contributed by atoms with Gasteiger partial charge in [-0.2, -0.15) is 0 Å². The van der Waals surface area contributed by atoms with Crippen LogP contribution in [0.25, 0.3) is 0 Å². The molecule has 0 amide bonds. The fraction of sp³-hybridized carbons (Fsp3) is 0.319. The normalized spacial score (nSPS) is 20.8. The van der Waals surface area contributed by atoms with Crippen LogP contribution in [0, 0.1) is 0 Å². The number of hydrogen-bond acceptors (Lipinski definition) is 7. The van der Waals surface area contributed by atoms with Gasteiger partial charge in [-0.15, -0.1) is 6.58 Å². The van der Waals surface area contributed by atoms with Gasteiger partial charge in [0.2, 0.25) is 0 Å². The summed E-state index contributed by atoms with van der Waals surface area (Å²) in [6.45, 7) is 11.6. The van der Waals surface area contributed by atoms with Gasteiger partial charge in [-0.05, 0) is 32.1 Å². The van der Waals surface area contributed by atoms with E-state index >= 15 is 0 Å². The third-order valence-corrected chi connectivity index (χ3v) is 15.0. The maximum Gasteiger partial charge on any atom is 0.261 e. The summed E-state index contributed by atoms with van der Waals surface area (Å²) < 4.78 is 40.6. The summed E-state index contributed by atoms with van der Waals surface area (Å²) in [4.78, 5) is 0. The predicted molar refractivity (Wildman–Crippen MR) is 219 cm³/mol. The second-order valence-electron chi connectivity index (χ2n) is 14.9. The van der Waals surface area contributed by atoms with Crippen LogP contribution in [0.1, 0.15) is 37.5 Å². The predicted octanol–water partition coefficient (Wildman–Crippen LogP) is 7.61. The molecule has 55 heavy (non-hydrogen) atoms. The van der Waals surface area contributed by atoms with E-state index in [1.807, 2.05) is 103 Å². The van der Waals surface area contributed by atoms with Crippen molar-refractivity contribution in [3.05, 3.63) is 181 Å². The first-order valence-corrected chi connectivity index (χ1v) is 21.0. The van der Waals surface area contributed by atoms with Crippen molar-refractivity contribution in [3.8, 4) is 0 Å². The van der Waals surface area contributed by atoms with E-state index in [4.69, 9.17) is 28.1 Å². The van der Waals surface area contributed by atoms with Crippen LogP contribution in [-0.4, -0.2) is 63.4 Å². The first-order valence-electron chi connectivity index (χ1n) is 19.1. The van der Waals surface area contributed by atoms with Crippen LogP contribution >= 0.6 is 0 Å². The van der Waals surface area contributed by atoms with E-state index in [-0.39, 0.29) is 31.5 Å². The van der Waals surface area contributed by atoms with Gasteiger partial charge in [0.25, 0.3) is 8.32 Å². The summed E-state index contributed by atoms with van der Waals surface area (Å²) in [5, 5.41) is 14.4. The van der Waals surface area contributed by atoms with Gasteiger partial charge < -0.3 is 33.2 Å². The van der Waals surface area contributed by atoms with E-state index in [2.05, 4.69) is 75.9 Å². The van der Waals surface area contributed by atoms with E-state index < -0.39 is 45.1 Å². The molecule has 0 bridgehead atoms. The van der Waals surface area contributed by atoms with Crippen molar-refractivity contribution >= 4 is 18.7 Å². The number of benzene rings is 5. The fourth-order valence-electron chi connectivity index (χ4n) is 7.36. The zero-order valence-electron chi connectivity index (χ0n) is 32.1. The van der Waals surface area contributed by atoms with E-state index in [9.17, 15) is 5.11 Å². The van der Waals surface area contributed by atoms with Gasteiger partial charge in [-0.3, -0.25) is 0 Å². The molecule has 0 spiro atoms. The summed E-state index contributed by atoms with van der Waals surface area (Å²) in [7, 11) is -3.00. The third kappa shape index (κ3) is 10.2. The number of rotatable bonds is 18. The Morgan fingerprint density at radius 3 is 1.42 bits per heavy atom. The summed E-state index contributed by atoms with van der Waals surface area (Å²) in [5.74, 6) is 0. The highest BCUT2D eigenvalue weighted by Crippen LogP contribution is 2.38. The van der Waals surface area contributed by atoms with Crippen LogP contribution in [0.5, 0.6) is 0 Å². The summed E-state index contributed by atoms with van der Waals surface area (Å²) in [5.41, 5.74) is 2.97.